The van der Waals surface area contributed by atoms with E-state index in [1.807, 2.05) is 0 Å². The zero-order valence-electron chi connectivity index (χ0n) is 21.8. The molecule has 0 aliphatic carbocycles. The first-order valence-electron chi connectivity index (χ1n) is 12.2. The molecule has 0 spiro atoms. The number of nitrogens with zero attached hydrogens (tertiary/aromatic N) is 2. The number of hydrogen-bond donors (Lipinski definition) is 0. The van der Waals surface area contributed by atoms with Gasteiger partial charge in [-0.15, -0.1) is 0 Å². The average Bonchev–Trinajstić information content (AvgIpc) is 2.81. The Kier molecular flexibility index (Phi) is 9.00. The molecule has 210 valence electrons. The predicted octanol–water partition coefficient (Wildman–Crippen LogP) is 8.63. The number of likely N-dealkylation sites (tertiary alicyclic amines) is 1. The lowest BCUT2D eigenvalue weighted by atomic mass is 9.92. The number of rotatable bonds is 5. The van der Waals surface area contributed by atoms with Crippen LogP contribution in [0.4, 0.5) is 35.5 Å². The Balaban J connectivity index is 1.96. The molecule has 3 rings (SSSR count). The maximum absolute atomic E-state index is 13.8. The van der Waals surface area contributed by atoms with Gasteiger partial charge in [0.15, 0.2) is 0 Å². The van der Waals surface area contributed by atoms with Gasteiger partial charge in [-0.1, -0.05) is 19.9 Å². The molecular weight excluding hydrogens is 533 g/mol. The number of hydrogen-bond acceptors (Lipinski definition) is 2. The van der Waals surface area contributed by atoms with Crippen molar-refractivity contribution < 1.29 is 35.5 Å². The minimum absolute atomic E-state index is 0.0720. The molecule has 1 heterocycles. The van der Waals surface area contributed by atoms with Gasteiger partial charge in [0, 0.05) is 18.8 Å². The van der Waals surface area contributed by atoms with E-state index in [0.29, 0.717) is 42.3 Å². The van der Waals surface area contributed by atoms with Crippen molar-refractivity contribution in [1.82, 2.24) is 9.80 Å². The SMILES string of the molecule is Cc1cc(F)ccc1[C@H]1C[C@@H](SC(C)C)CCN1C(=O)N(C)[C@H](C)c1cc(C(F)(F)F)cc(C(F)(F)F)c1. The van der Waals surface area contributed by atoms with Crippen molar-refractivity contribution in [3.05, 3.63) is 70.0 Å². The summed E-state index contributed by atoms with van der Waals surface area (Å²) in [5, 5.41) is 0.581. The van der Waals surface area contributed by atoms with Gasteiger partial charge in [-0.25, -0.2) is 9.18 Å². The predicted molar refractivity (Wildman–Crippen MR) is 134 cm³/mol. The summed E-state index contributed by atoms with van der Waals surface area (Å²) in [5.41, 5.74) is -1.72. The van der Waals surface area contributed by atoms with Crippen molar-refractivity contribution in [2.75, 3.05) is 13.6 Å². The van der Waals surface area contributed by atoms with Crippen molar-refractivity contribution >= 4 is 17.8 Å². The van der Waals surface area contributed by atoms with Gasteiger partial charge in [-0.2, -0.15) is 38.1 Å². The summed E-state index contributed by atoms with van der Waals surface area (Å²) in [6, 6.07) is 3.67. The van der Waals surface area contributed by atoms with Gasteiger partial charge in [-0.05, 0) is 79.0 Å². The fourth-order valence-electron chi connectivity index (χ4n) is 4.79. The molecule has 11 heteroatoms. The quantitative estimate of drug-likeness (QED) is 0.340. The Morgan fingerprint density at radius 2 is 1.58 bits per heavy atom. The van der Waals surface area contributed by atoms with Crippen LogP contribution in [0.2, 0.25) is 0 Å². The molecule has 0 bridgehead atoms. The molecule has 2 aromatic rings. The normalized spacial score (nSPS) is 19.6. The molecule has 2 aromatic carbocycles. The zero-order chi connectivity index (χ0) is 28.6. The summed E-state index contributed by atoms with van der Waals surface area (Å²) in [6.45, 7) is 7.62. The van der Waals surface area contributed by atoms with Gasteiger partial charge in [0.25, 0.3) is 0 Å². The fraction of sp³-hybridized carbons (Fsp3) is 0.519. The third-order valence-electron chi connectivity index (χ3n) is 6.83. The second kappa shape index (κ2) is 11.4. The van der Waals surface area contributed by atoms with Crippen LogP contribution in [-0.2, 0) is 12.4 Å². The standard InChI is InChI=1S/C27H31F7N2OS/c1-15(2)38-22-8-9-36(24(14-22)23-7-6-21(28)10-16(23)3)25(37)35(5)17(4)18-11-19(26(29,30)31)13-20(12-18)27(32,33)34/h6-7,10-13,15,17,22,24H,8-9,14H2,1-5H3/t17-,22+,24-/m1/s1. The summed E-state index contributed by atoms with van der Waals surface area (Å²) in [5.74, 6) is -0.413. The van der Waals surface area contributed by atoms with E-state index in [-0.39, 0.29) is 16.9 Å². The minimum atomic E-state index is -4.99. The number of benzene rings is 2. The molecule has 0 radical (unpaired) electrons. The van der Waals surface area contributed by atoms with Crippen molar-refractivity contribution in [2.24, 2.45) is 0 Å². The number of alkyl halides is 6. The zero-order valence-corrected chi connectivity index (χ0v) is 22.6. The molecule has 38 heavy (non-hydrogen) atoms. The summed E-state index contributed by atoms with van der Waals surface area (Å²) < 4.78 is 94.2. The Labute approximate surface area is 222 Å². The topological polar surface area (TPSA) is 23.6 Å². The van der Waals surface area contributed by atoms with E-state index in [0.717, 1.165) is 10.5 Å². The number of thioether (sulfide) groups is 1. The Morgan fingerprint density at radius 3 is 2.08 bits per heavy atom. The second-order valence-corrected chi connectivity index (χ2v) is 11.8. The van der Waals surface area contributed by atoms with Crippen LogP contribution in [0.25, 0.3) is 0 Å². The van der Waals surface area contributed by atoms with E-state index in [4.69, 9.17) is 0 Å². The van der Waals surface area contributed by atoms with Gasteiger partial charge < -0.3 is 9.80 Å². The van der Waals surface area contributed by atoms with Crippen LogP contribution in [-0.4, -0.2) is 39.9 Å². The van der Waals surface area contributed by atoms with Crippen LogP contribution in [0.15, 0.2) is 36.4 Å². The van der Waals surface area contributed by atoms with Gasteiger partial charge in [0.05, 0.1) is 23.2 Å². The molecule has 1 saturated heterocycles. The van der Waals surface area contributed by atoms with Crippen molar-refractivity contribution in [2.45, 2.75) is 75.5 Å². The fourth-order valence-corrected chi connectivity index (χ4v) is 6.10. The molecule has 1 aliphatic rings. The lowest BCUT2D eigenvalue weighted by Crippen LogP contribution is -2.48. The summed E-state index contributed by atoms with van der Waals surface area (Å²) in [7, 11) is 1.37. The lowest BCUT2D eigenvalue weighted by Gasteiger charge is -2.43. The molecule has 0 saturated carbocycles. The van der Waals surface area contributed by atoms with Crippen molar-refractivity contribution in [3.8, 4) is 0 Å². The van der Waals surface area contributed by atoms with Crippen molar-refractivity contribution in [3.63, 3.8) is 0 Å². The number of carbonyl (C=O) groups excluding carboxylic acids is 1. The maximum atomic E-state index is 13.8. The largest absolute Gasteiger partial charge is 0.416 e. The first kappa shape index (κ1) is 30.1. The first-order valence-corrected chi connectivity index (χ1v) is 13.2. The Morgan fingerprint density at radius 1 is 1.00 bits per heavy atom. The van der Waals surface area contributed by atoms with E-state index in [2.05, 4.69) is 13.8 Å². The van der Waals surface area contributed by atoms with Crippen LogP contribution < -0.4 is 0 Å². The van der Waals surface area contributed by atoms with E-state index in [9.17, 15) is 35.5 Å². The number of halogens is 7. The average molecular weight is 565 g/mol. The number of aryl methyl sites for hydroxylation is 1. The lowest BCUT2D eigenvalue weighted by molar-refractivity contribution is -0.143. The van der Waals surface area contributed by atoms with Gasteiger partial charge in [-0.3, -0.25) is 0 Å². The highest BCUT2D eigenvalue weighted by Crippen LogP contribution is 2.41. The highest BCUT2D eigenvalue weighted by molar-refractivity contribution is 8.00. The van der Waals surface area contributed by atoms with Crippen molar-refractivity contribution in [1.29, 1.82) is 0 Å². The van der Waals surface area contributed by atoms with Gasteiger partial charge >= 0.3 is 18.4 Å². The van der Waals surface area contributed by atoms with E-state index < -0.39 is 47.4 Å². The molecule has 1 aliphatic heterocycles. The minimum Gasteiger partial charge on any atom is -0.321 e. The highest BCUT2D eigenvalue weighted by Gasteiger charge is 2.39. The molecular formula is C27H31F7N2OS. The molecule has 3 nitrogen and oxygen atoms in total. The number of urea groups is 1. The van der Waals surface area contributed by atoms with Gasteiger partial charge in [0.2, 0.25) is 0 Å². The highest BCUT2D eigenvalue weighted by atomic mass is 32.2. The molecule has 3 atom stereocenters. The van der Waals surface area contributed by atoms with Gasteiger partial charge in [0.1, 0.15) is 5.82 Å². The third-order valence-corrected chi connectivity index (χ3v) is 8.19. The van der Waals surface area contributed by atoms with Crippen LogP contribution in [0, 0.1) is 12.7 Å². The Bertz CT molecular complexity index is 1120. The molecule has 0 unspecified atom stereocenters. The monoisotopic (exact) mass is 564 g/mol. The summed E-state index contributed by atoms with van der Waals surface area (Å²) in [4.78, 5) is 16.4. The smallest absolute Gasteiger partial charge is 0.321 e. The first-order chi connectivity index (χ1) is 17.5. The molecule has 0 aromatic heterocycles. The summed E-state index contributed by atoms with van der Waals surface area (Å²) in [6.07, 6.45) is -8.71. The van der Waals surface area contributed by atoms with Crippen LogP contribution in [0.3, 0.4) is 0 Å². The van der Waals surface area contributed by atoms with E-state index in [1.54, 1.807) is 29.7 Å². The van der Waals surface area contributed by atoms with Crippen LogP contribution in [0.1, 0.15) is 73.5 Å². The Hall–Kier alpha value is -2.43. The van der Waals surface area contributed by atoms with Crippen LogP contribution >= 0.6 is 11.8 Å². The number of piperidine rings is 1. The number of amides is 2. The molecule has 0 N–H and O–H groups in total. The van der Waals surface area contributed by atoms with E-state index >= 15 is 0 Å². The summed E-state index contributed by atoms with van der Waals surface area (Å²) >= 11 is 1.78. The molecule has 1 fully saturated rings. The molecule has 2 amide bonds. The number of carbonyl (C=O) groups is 1. The second-order valence-electron chi connectivity index (χ2n) is 9.95. The third kappa shape index (κ3) is 6.95. The van der Waals surface area contributed by atoms with E-state index in [1.165, 1.54) is 26.1 Å². The maximum Gasteiger partial charge on any atom is 0.416 e. The van der Waals surface area contributed by atoms with Crippen LogP contribution in [0.5, 0.6) is 0 Å².